The zero-order valence-corrected chi connectivity index (χ0v) is 12.9. The number of rotatable bonds is 0. The second kappa shape index (κ2) is 4.07. The molecule has 108 valence electrons. The minimum atomic E-state index is -0.428. The standard InChI is InChI=1S/C14H11BrFN3O2/c1-6-5-19-12-9(18(2)14(19)20)4-17-8-3-7(16)11(15)13(21-6)10(8)12/h3-4,6H,5H2,1-2H3. The molecule has 0 spiro atoms. The lowest BCUT2D eigenvalue weighted by atomic mass is 10.1. The highest BCUT2D eigenvalue weighted by Crippen LogP contribution is 2.40. The summed E-state index contributed by atoms with van der Waals surface area (Å²) in [6, 6.07) is 1.35. The van der Waals surface area contributed by atoms with E-state index in [2.05, 4.69) is 20.9 Å². The number of pyridine rings is 1. The van der Waals surface area contributed by atoms with Gasteiger partial charge in [0.25, 0.3) is 0 Å². The molecule has 1 aliphatic heterocycles. The molecule has 1 atom stereocenters. The van der Waals surface area contributed by atoms with Gasteiger partial charge in [-0.25, -0.2) is 9.18 Å². The summed E-state index contributed by atoms with van der Waals surface area (Å²) in [7, 11) is 1.71. The SMILES string of the molecule is CC1Cn2c(=O)n(C)c3cnc4cc(F)c(Br)c(c4c32)O1. The first-order chi connectivity index (χ1) is 9.99. The van der Waals surface area contributed by atoms with Crippen LogP contribution in [0.1, 0.15) is 6.92 Å². The van der Waals surface area contributed by atoms with Crippen molar-refractivity contribution in [3.05, 3.63) is 33.0 Å². The van der Waals surface area contributed by atoms with E-state index in [0.717, 1.165) is 5.52 Å². The van der Waals surface area contributed by atoms with Gasteiger partial charge in [0.15, 0.2) is 0 Å². The van der Waals surface area contributed by atoms with Crippen LogP contribution < -0.4 is 10.4 Å². The first kappa shape index (κ1) is 12.8. The topological polar surface area (TPSA) is 49.0 Å². The summed E-state index contributed by atoms with van der Waals surface area (Å²) in [4.78, 5) is 16.7. The number of aryl methyl sites for hydroxylation is 1. The fourth-order valence-corrected chi connectivity index (χ4v) is 3.32. The van der Waals surface area contributed by atoms with Crippen LogP contribution in [0.5, 0.6) is 5.75 Å². The third-order valence-corrected chi connectivity index (χ3v) is 4.61. The largest absolute Gasteiger partial charge is 0.487 e. The van der Waals surface area contributed by atoms with Gasteiger partial charge < -0.3 is 4.74 Å². The number of hydrogen-bond donors (Lipinski definition) is 0. The second-order valence-corrected chi connectivity index (χ2v) is 6.06. The quantitative estimate of drug-likeness (QED) is 0.625. The molecule has 4 rings (SSSR count). The maximum absolute atomic E-state index is 14.0. The lowest BCUT2D eigenvalue weighted by Crippen LogP contribution is -2.28. The van der Waals surface area contributed by atoms with Crippen molar-refractivity contribution in [3.63, 3.8) is 0 Å². The molecule has 1 aliphatic rings. The summed E-state index contributed by atoms with van der Waals surface area (Å²) in [5.74, 6) is -0.0178. The van der Waals surface area contributed by atoms with Gasteiger partial charge in [0.05, 0.1) is 39.2 Å². The number of halogens is 2. The normalized spacial score (nSPS) is 17.4. The Morgan fingerprint density at radius 1 is 1.52 bits per heavy atom. The molecule has 21 heavy (non-hydrogen) atoms. The van der Waals surface area contributed by atoms with Crippen molar-refractivity contribution in [1.82, 2.24) is 14.1 Å². The first-order valence-electron chi connectivity index (χ1n) is 6.51. The molecular formula is C14H11BrFN3O2. The van der Waals surface area contributed by atoms with E-state index in [1.54, 1.807) is 22.4 Å². The van der Waals surface area contributed by atoms with Gasteiger partial charge in [0.1, 0.15) is 17.7 Å². The third kappa shape index (κ3) is 1.55. The Balaban J connectivity index is 2.36. The van der Waals surface area contributed by atoms with Crippen LogP contribution in [0.4, 0.5) is 4.39 Å². The van der Waals surface area contributed by atoms with Crippen molar-refractivity contribution in [2.75, 3.05) is 0 Å². The maximum Gasteiger partial charge on any atom is 0.329 e. The van der Waals surface area contributed by atoms with Gasteiger partial charge in [0, 0.05) is 13.1 Å². The van der Waals surface area contributed by atoms with Crippen LogP contribution in [0, 0.1) is 5.82 Å². The number of aromatic nitrogens is 3. The smallest absolute Gasteiger partial charge is 0.329 e. The Morgan fingerprint density at radius 2 is 2.29 bits per heavy atom. The highest BCUT2D eigenvalue weighted by atomic mass is 79.9. The molecule has 0 radical (unpaired) electrons. The van der Waals surface area contributed by atoms with Gasteiger partial charge in [-0.15, -0.1) is 0 Å². The van der Waals surface area contributed by atoms with Crippen molar-refractivity contribution in [3.8, 4) is 5.75 Å². The summed E-state index contributed by atoms with van der Waals surface area (Å²) in [5, 5.41) is 0.669. The Morgan fingerprint density at radius 3 is 3.05 bits per heavy atom. The number of hydrogen-bond acceptors (Lipinski definition) is 3. The lowest BCUT2D eigenvalue weighted by Gasteiger charge is -2.14. The minimum Gasteiger partial charge on any atom is -0.487 e. The lowest BCUT2D eigenvalue weighted by molar-refractivity contribution is 0.203. The first-order valence-corrected chi connectivity index (χ1v) is 7.31. The average Bonchev–Trinajstić information content (AvgIpc) is 2.61. The van der Waals surface area contributed by atoms with Gasteiger partial charge in [0.2, 0.25) is 0 Å². The molecule has 0 saturated carbocycles. The van der Waals surface area contributed by atoms with Crippen molar-refractivity contribution in [2.24, 2.45) is 7.05 Å². The predicted molar refractivity (Wildman–Crippen MR) is 80.2 cm³/mol. The number of ether oxygens (including phenoxy) is 1. The second-order valence-electron chi connectivity index (χ2n) is 5.27. The maximum atomic E-state index is 14.0. The van der Waals surface area contributed by atoms with Gasteiger partial charge in [-0.05, 0) is 22.9 Å². The van der Waals surface area contributed by atoms with Crippen LogP contribution in [-0.4, -0.2) is 20.2 Å². The molecule has 0 saturated heterocycles. The van der Waals surface area contributed by atoms with Crippen LogP contribution in [0.25, 0.3) is 21.9 Å². The minimum absolute atomic E-state index is 0.122. The van der Waals surface area contributed by atoms with E-state index in [1.165, 1.54) is 6.07 Å². The molecule has 1 unspecified atom stereocenters. The molecule has 0 bridgehead atoms. The van der Waals surface area contributed by atoms with Crippen LogP contribution in [-0.2, 0) is 13.6 Å². The molecule has 5 nitrogen and oxygen atoms in total. The van der Waals surface area contributed by atoms with E-state index >= 15 is 0 Å². The Hall–Kier alpha value is -1.89. The van der Waals surface area contributed by atoms with E-state index < -0.39 is 5.82 Å². The molecule has 0 amide bonds. The van der Waals surface area contributed by atoms with E-state index in [0.29, 0.717) is 28.7 Å². The highest BCUT2D eigenvalue weighted by molar-refractivity contribution is 9.10. The summed E-state index contributed by atoms with van der Waals surface area (Å²) in [6.07, 6.45) is 1.35. The third-order valence-electron chi connectivity index (χ3n) is 3.87. The van der Waals surface area contributed by atoms with Gasteiger partial charge >= 0.3 is 5.69 Å². The van der Waals surface area contributed by atoms with E-state index in [1.807, 2.05) is 6.92 Å². The molecule has 3 heterocycles. The molecule has 0 N–H and O–H groups in total. The summed E-state index contributed by atoms with van der Waals surface area (Å²) >= 11 is 3.24. The van der Waals surface area contributed by atoms with Crippen LogP contribution >= 0.6 is 15.9 Å². The zero-order chi connectivity index (χ0) is 14.9. The van der Waals surface area contributed by atoms with Crippen LogP contribution in [0.3, 0.4) is 0 Å². The van der Waals surface area contributed by atoms with Gasteiger partial charge in [-0.3, -0.25) is 14.1 Å². The molecule has 1 aromatic carbocycles. The van der Waals surface area contributed by atoms with Crippen molar-refractivity contribution in [1.29, 1.82) is 0 Å². The number of benzene rings is 1. The van der Waals surface area contributed by atoms with Crippen molar-refractivity contribution in [2.45, 2.75) is 19.6 Å². The van der Waals surface area contributed by atoms with Crippen LogP contribution in [0.2, 0.25) is 0 Å². The summed E-state index contributed by atoms with van der Waals surface area (Å²) in [6.45, 7) is 2.27. The molecule has 2 aromatic heterocycles. The number of nitrogens with zero attached hydrogens (tertiary/aromatic N) is 3. The fourth-order valence-electron chi connectivity index (χ4n) is 2.91. The molecule has 0 fully saturated rings. The molecule has 0 aliphatic carbocycles. The molecule has 3 aromatic rings. The van der Waals surface area contributed by atoms with Gasteiger partial charge in [-0.2, -0.15) is 0 Å². The zero-order valence-electron chi connectivity index (χ0n) is 11.4. The average molecular weight is 352 g/mol. The predicted octanol–water partition coefficient (Wildman–Crippen LogP) is 2.57. The van der Waals surface area contributed by atoms with Gasteiger partial charge in [-0.1, -0.05) is 0 Å². The highest BCUT2D eigenvalue weighted by Gasteiger charge is 2.26. The molecule has 7 heteroatoms. The van der Waals surface area contributed by atoms with Crippen LogP contribution in [0.15, 0.2) is 21.5 Å². The Kier molecular flexibility index (Phi) is 2.48. The van der Waals surface area contributed by atoms with E-state index in [-0.39, 0.29) is 16.3 Å². The van der Waals surface area contributed by atoms with Crippen molar-refractivity contribution < 1.29 is 9.13 Å². The summed E-state index contributed by atoms with van der Waals surface area (Å²) < 4.78 is 23.4. The fraction of sp³-hybridized carbons (Fsp3) is 0.286. The van der Waals surface area contributed by atoms with E-state index in [4.69, 9.17) is 4.74 Å². The molecular weight excluding hydrogens is 341 g/mol. The van der Waals surface area contributed by atoms with Crippen molar-refractivity contribution >= 4 is 37.9 Å². The summed E-state index contributed by atoms with van der Waals surface area (Å²) in [5.41, 5.74) is 1.81. The number of imidazole rings is 1. The Bertz CT molecular complexity index is 976. The monoisotopic (exact) mass is 351 g/mol. The Labute approximate surface area is 127 Å². The van der Waals surface area contributed by atoms with E-state index in [9.17, 15) is 9.18 Å².